The van der Waals surface area contributed by atoms with Gasteiger partial charge in [-0.15, -0.1) is 0 Å². The van der Waals surface area contributed by atoms with Gasteiger partial charge in [-0.25, -0.2) is 4.99 Å². The summed E-state index contributed by atoms with van der Waals surface area (Å²) in [5, 5.41) is 2.91. The molecule has 3 rings (SSSR count). The van der Waals surface area contributed by atoms with E-state index in [0.29, 0.717) is 5.70 Å². The lowest BCUT2D eigenvalue weighted by Crippen LogP contribution is -2.31. The fourth-order valence-corrected chi connectivity index (χ4v) is 2.90. The molecule has 1 unspecified atom stereocenters. The van der Waals surface area contributed by atoms with Crippen LogP contribution in [0.15, 0.2) is 64.3 Å². The molecule has 1 heterocycles. The minimum atomic E-state index is -0.476. The maximum atomic E-state index is 12.7. The Hall–Kier alpha value is -2.95. The van der Waals surface area contributed by atoms with Crippen LogP contribution >= 0.6 is 0 Å². The van der Waals surface area contributed by atoms with E-state index in [1.54, 1.807) is 6.08 Å². The number of carbonyl (C=O) groups excluding carboxylic acids is 2. The van der Waals surface area contributed by atoms with Crippen molar-refractivity contribution in [1.82, 2.24) is 5.32 Å². The van der Waals surface area contributed by atoms with Gasteiger partial charge in [-0.1, -0.05) is 42.0 Å². The van der Waals surface area contributed by atoms with Crippen LogP contribution in [-0.4, -0.2) is 24.7 Å². The van der Waals surface area contributed by atoms with E-state index in [0.717, 1.165) is 28.0 Å². The first-order valence-corrected chi connectivity index (χ1v) is 8.45. The standard InChI is InChI=1S/C21H21N2O3.2H2/c1-13-7-9-15(10-8-13)17(12-19(24)26-3)23-21(25)18-11-16-6-4-5-14(2)20(16)22-18;;/h4-11,17H,12H2,1-3H3,(H,23,25);2*1H. The zero-order valence-corrected chi connectivity index (χ0v) is 15.1. The largest absolute Gasteiger partial charge is 0.469 e. The third-order valence-electron chi connectivity index (χ3n) is 4.41. The molecular weight excluding hydrogens is 328 g/mol. The summed E-state index contributed by atoms with van der Waals surface area (Å²) in [6, 6.07) is 7.23. The van der Waals surface area contributed by atoms with Crippen LogP contribution in [0.2, 0.25) is 0 Å². The first-order chi connectivity index (χ1) is 12.5. The molecule has 5 heteroatoms. The highest BCUT2D eigenvalue weighted by Gasteiger charge is 2.25. The molecule has 1 radical (unpaired) electrons. The average molecular weight is 353 g/mol. The Balaban J connectivity index is 0.00000196. The van der Waals surface area contributed by atoms with Crippen LogP contribution in [0, 0.1) is 13.3 Å². The van der Waals surface area contributed by atoms with Crippen LogP contribution in [0.3, 0.4) is 0 Å². The van der Waals surface area contributed by atoms with Gasteiger partial charge in [-0.05, 0) is 36.6 Å². The summed E-state index contributed by atoms with van der Waals surface area (Å²) in [6.45, 7) is 3.95. The summed E-state index contributed by atoms with van der Waals surface area (Å²) in [7, 11) is 1.34. The Kier molecular flexibility index (Phi) is 5.16. The minimum absolute atomic E-state index is 0. The van der Waals surface area contributed by atoms with Gasteiger partial charge in [-0.2, -0.15) is 0 Å². The van der Waals surface area contributed by atoms with Gasteiger partial charge in [0.1, 0.15) is 5.70 Å². The van der Waals surface area contributed by atoms with Crippen molar-refractivity contribution >= 4 is 17.6 Å². The molecule has 0 fully saturated rings. The molecule has 137 valence electrons. The number of benzene rings is 1. The fraction of sp³-hybridized carbons (Fsp3) is 0.238. The number of hydrogen-bond acceptors (Lipinski definition) is 4. The Labute approximate surface area is 156 Å². The van der Waals surface area contributed by atoms with Gasteiger partial charge >= 0.3 is 5.97 Å². The molecular formula is C21H25N2O3. The van der Waals surface area contributed by atoms with Gasteiger partial charge in [-0.3, -0.25) is 9.59 Å². The fourth-order valence-electron chi connectivity index (χ4n) is 2.90. The average Bonchev–Trinajstić information content (AvgIpc) is 3.07. The normalized spacial score (nSPS) is 16.6. The third-order valence-corrected chi connectivity index (χ3v) is 4.41. The molecule has 1 aromatic carbocycles. The minimum Gasteiger partial charge on any atom is -0.469 e. The van der Waals surface area contributed by atoms with Crippen molar-refractivity contribution in [3.63, 3.8) is 0 Å². The van der Waals surface area contributed by atoms with Gasteiger partial charge in [0.2, 0.25) is 0 Å². The molecule has 5 nitrogen and oxygen atoms in total. The Morgan fingerprint density at radius 2 is 1.92 bits per heavy atom. The molecule has 1 aromatic rings. The number of rotatable bonds is 5. The van der Waals surface area contributed by atoms with Crippen LogP contribution < -0.4 is 5.32 Å². The van der Waals surface area contributed by atoms with Crippen molar-refractivity contribution in [2.45, 2.75) is 26.3 Å². The number of amides is 1. The van der Waals surface area contributed by atoms with Crippen molar-refractivity contribution in [1.29, 1.82) is 0 Å². The van der Waals surface area contributed by atoms with Crippen LogP contribution in [0.4, 0.5) is 0 Å². The van der Waals surface area contributed by atoms with E-state index in [1.807, 2.05) is 56.7 Å². The zero-order valence-electron chi connectivity index (χ0n) is 15.1. The van der Waals surface area contributed by atoms with Crippen LogP contribution in [-0.2, 0) is 14.3 Å². The predicted molar refractivity (Wildman–Crippen MR) is 105 cm³/mol. The first-order valence-electron chi connectivity index (χ1n) is 8.45. The van der Waals surface area contributed by atoms with Crippen molar-refractivity contribution in [3.05, 3.63) is 76.9 Å². The summed E-state index contributed by atoms with van der Waals surface area (Å²) < 4.78 is 4.77. The van der Waals surface area contributed by atoms with E-state index in [-0.39, 0.29) is 21.2 Å². The summed E-state index contributed by atoms with van der Waals surface area (Å²) in [6.07, 6.45) is 7.65. The molecule has 2 aliphatic rings. The topological polar surface area (TPSA) is 67.8 Å². The summed E-state index contributed by atoms with van der Waals surface area (Å²) in [5.41, 5.74) is 5.06. The van der Waals surface area contributed by atoms with Crippen molar-refractivity contribution in [2.75, 3.05) is 7.11 Å². The number of esters is 1. The second-order valence-electron chi connectivity index (χ2n) is 6.37. The monoisotopic (exact) mass is 353 g/mol. The number of allylic oxidation sites excluding steroid dienone is 5. The van der Waals surface area contributed by atoms with Gasteiger partial charge in [0, 0.05) is 9.27 Å². The van der Waals surface area contributed by atoms with Gasteiger partial charge < -0.3 is 10.1 Å². The molecule has 0 aromatic heterocycles. The second-order valence-corrected chi connectivity index (χ2v) is 6.37. The first kappa shape index (κ1) is 17.9. The lowest BCUT2D eigenvalue weighted by atomic mass is 9.98. The molecule has 26 heavy (non-hydrogen) atoms. The molecule has 1 N–H and O–H groups in total. The number of fused-ring (bicyclic) bond motifs is 1. The molecule has 1 aliphatic heterocycles. The van der Waals surface area contributed by atoms with Crippen molar-refractivity contribution < 1.29 is 17.2 Å². The second kappa shape index (κ2) is 7.52. The quantitative estimate of drug-likeness (QED) is 0.822. The number of ether oxygens (including phenoxy) is 1. The molecule has 1 atom stereocenters. The van der Waals surface area contributed by atoms with E-state index in [4.69, 9.17) is 4.74 Å². The van der Waals surface area contributed by atoms with E-state index < -0.39 is 6.04 Å². The van der Waals surface area contributed by atoms with Crippen molar-refractivity contribution in [2.24, 2.45) is 4.99 Å². The number of methoxy groups -OCH3 is 1. The number of nitrogens with zero attached hydrogens (tertiary/aromatic N) is 1. The van der Waals surface area contributed by atoms with Crippen LogP contribution in [0.1, 0.15) is 33.4 Å². The molecule has 0 bridgehead atoms. The Morgan fingerprint density at radius 1 is 1.19 bits per heavy atom. The molecule has 0 saturated carbocycles. The highest BCUT2D eigenvalue weighted by atomic mass is 16.5. The molecule has 1 aliphatic carbocycles. The molecule has 1 amide bonds. The zero-order chi connectivity index (χ0) is 18.7. The Morgan fingerprint density at radius 3 is 2.58 bits per heavy atom. The molecule has 0 spiro atoms. The lowest BCUT2D eigenvalue weighted by Gasteiger charge is -2.18. The van der Waals surface area contributed by atoms with Crippen LogP contribution in [0.25, 0.3) is 0 Å². The maximum absolute atomic E-state index is 12.7. The van der Waals surface area contributed by atoms with Gasteiger partial charge in [0.15, 0.2) is 0 Å². The summed E-state index contributed by atoms with van der Waals surface area (Å²) in [4.78, 5) is 28.9. The number of hydrogen-bond donors (Lipinski definition) is 1. The third kappa shape index (κ3) is 3.82. The molecule has 0 saturated heterocycles. The number of carbonyl (C=O) groups is 2. The number of aliphatic imine (C=N–C) groups is 1. The van der Waals surface area contributed by atoms with Crippen LogP contribution in [0.5, 0.6) is 0 Å². The van der Waals surface area contributed by atoms with Crippen molar-refractivity contribution in [3.8, 4) is 0 Å². The highest BCUT2D eigenvalue weighted by Crippen LogP contribution is 2.26. The van der Waals surface area contributed by atoms with E-state index in [1.165, 1.54) is 7.11 Å². The van der Waals surface area contributed by atoms with E-state index in [2.05, 4.69) is 10.3 Å². The Bertz CT molecular complexity index is 868. The van der Waals surface area contributed by atoms with Gasteiger partial charge in [0.05, 0.1) is 25.3 Å². The smallest absolute Gasteiger partial charge is 0.307 e. The SMILES string of the molecule is COC(=O)CC(NC(=O)C1=CC2=C[CH]C=C(C)C2=N1)c1ccc(C)cc1.[HH].[HH]. The maximum Gasteiger partial charge on any atom is 0.307 e. The van der Waals surface area contributed by atoms with E-state index in [9.17, 15) is 9.59 Å². The number of aryl methyl sites for hydroxylation is 1. The summed E-state index contributed by atoms with van der Waals surface area (Å²) >= 11 is 0. The predicted octanol–water partition coefficient (Wildman–Crippen LogP) is 3.64. The number of nitrogens with one attached hydrogen (secondary N) is 1. The van der Waals surface area contributed by atoms with Gasteiger partial charge in [0.25, 0.3) is 5.91 Å². The lowest BCUT2D eigenvalue weighted by molar-refractivity contribution is -0.141. The summed E-state index contributed by atoms with van der Waals surface area (Å²) in [5.74, 6) is -0.692. The highest BCUT2D eigenvalue weighted by molar-refractivity contribution is 6.20. The van der Waals surface area contributed by atoms with E-state index >= 15 is 0 Å².